The maximum absolute atomic E-state index is 12.0. The average Bonchev–Trinajstić information content (AvgIpc) is 2.56. The van der Waals surface area contributed by atoms with Crippen molar-refractivity contribution >= 4 is 29.2 Å². The van der Waals surface area contributed by atoms with E-state index in [0.29, 0.717) is 22.0 Å². The molecule has 1 aliphatic carbocycles. The van der Waals surface area contributed by atoms with Crippen molar-refractivity contribution in [2.75, 3.05) is 45.6 Å². The zero-order valence-corrected chi connectivity index (χ0v) is 18.1. The molecule has 0 aromatic heterocycles. The highest BCUT2D eigenvalue weighted by molar-refractivity contribution is 6.34. The number of halogens is 4. The molecule has 7 nitrogen and oxygen atoms in total. The summed E-state index contributed by atoms with van der Waals surface area (Å²) in [5, 5.41) is 14.6. The van der Waals surface area contributed by atoms with E-state index in [1.165, 1.54) is 25.9 Å². The second-order valence-corrected chi connectivity index (χ2v) is 9.07. The van der Waals surface area contributed by atoms with Gasteiger partial charge in [-0.25, -0.2) is 4.79 Å². The van der Waals surface area contributed by atoms with Gasteiger partial charge in [0.25, 0.3) is 5.91 Å². The highest BCUT2D eigenvalue weighted by atomic mass is 35.5. The molecular weight excluding hydrogens is 437 g/mol. The molecular formula is C20H26ClF3N4O3. The summed E-state index contributed by atoms with van der Waals surface area (Å²) < 4.78 is 31.7. The summed E-state index contributed by atoms with van der Waals surface area (Å²) in [6, 6.07) is 6.88. The van der Waals surface area contributed by atoms with Crippen LogP contribution in [0.2, 0.25) is 5.02 Å². The third-order valence-electron chi connectivity index (χ3n) is 5.98. The van der Waals surface area contributed by atoms with E-state index in [1.807, 2.05) is 18.2 Å². The van der Waals surface area contributed by atoms with Gasteiger partial charge in [0, 0.05) is 52.0 Å². The molecule has 11 heteroatoms. The number of carboxylic acids is 1. The number of anilines is 1. The number of nitrogens with zero attached hydrogens (tertiary/aromatic N) is 2. The molecule has 4 rings (SSSR count). The fourth-order valence-corrected chi connectivity index (χ4v) is 4.38. The van der Waals surface area contributed by atoms with E-state index in [-0.39, 0.29) is 5.91 Å². The summed E-state index contributed by atoms with van der Waals surface area (Å²) in [5.74, 6) is -2.82. The van der Waals surface area contributed by atoms with Crippen molar-refractivity contribution in [2.45, 2.75) is 31.1 Å². The van der Waals surface area contributed by atoms with Crippen molar-refractivity contribution in [1.29, 1.82) is 0 Å². The van der Waals surface area contributed by atoms with Crippen molar-refractivity contribution in [1.82, 2.24) is 15.1 Å². The lowest BCUT2D eigenvalue weighted by molar-refractivity contribution is -0.192. The van der Waals surface area contributed by atoms with Crippen molar-refractivity contribution in [3.8, 4) is 0 Å². The Kier molecular flexibility index (Phi) is 6.73. The van der Waals surface area contributed by atoms with Crippen LogP contribution in [-0.2, 0) is 4.79 Å². The Morgan fingerprint density at radius 3 is 2.26 bits per heavy atom. The number of hydrogen-bond acceptors (Lipinski definition) is 5. The van der Waals surface area contributed by atoms with E-state index in [0.717, 1.165) is 24.8 Å². The lowest BCUT2D eigenvalue weighted by Gasteiger charge is -2.60. The molecule has 1 aromatic carbocycles. The van der Waals surface area contributed by atoms with E-state index in [1.54, 1.807) is 19.0 Å². The van der Waals surface area contributed by atoms with Crippen LogP contribution in [0.4, 0.5) is 18.9 Å². The molecule has 1 spiro atoms. The van der Waals surface area contributed by atoms with Crippen molar-refractivity contribution in [3.63, 3.8) is 0 Å². The van der Waals surface area contributed by atoms with Crippen LogP contribution in [0.5, 0.6) is 0 Å². The first-order valence-corrected chi connectivity index (χ1v) is 10.3. The SMILES string of the molecule is CN(C)C(=O)c1ccc(NC2CN(C3CC4(CNC4)C3)C2)cc1Cl.O=C(O)C(F)(F)F. The summed E-state index contributed by atoms with van der Waals surface area (Å²) in [6.45, 7) is 4.64. The first-order valence-electron chi connectivity index (χ1n) is 9.93. The number of hydrogen-bond donors (Lipinski definition) is 3. The van der Waals surface area contributed by atoms with Gasteiger partial charge < -0.3 is 20.6 Å². The van der Waals surface area contributed by atoms with Crippen molar-refractivity contribution in [2.24, 2.45) is 5.41 Å². The molecule has 2 saturated heterocycles. The second-order valence-electron chi connectivity index (χ2n) is 8.66. The molecule has 2 aliphatic heterocycles. The highest BCUT2D eigenvalue weighted by Crippen LogP contribution is 2.47. The summed E-state index contributed by atoms with van der Waals surface area (Å²) in [5.41, 5.74) is 2.19. The largest absolute Gasteiger partial charge is 0.490 e. The minimum atomic E-state index is -5.08. The number of benzene rings is 1. The number of aliphatic carboxylic acids is 1. The lowest BCUT2D eigenvalue weighted by Crippen LogP contribution is -2.69. The third-order valence-corrected chi connectivity index (χ3v) is 6.30. The zero-order valence-electron chi connectivity index (χ0n) is 17.3. The number of nitrogens with one attached hydrogen (secondary N) is 2. The van der Waals surface area contributed by atoms with E-state index < -0.39 is 12.1 Å². The Labute approximate surface area is 183 Å². The van der Waals surface area contributed by atoms with Gasteiger partial charge in [-0.05, 0) is 36.5 Å². The molecule has 0 atom stereocenters. The minimum Gasteiger partial charge on any atom is -0.475 e. The summed E-state index contributed by atoms with van der Waals surface area (Å²) in [4.78, 5) is 25.0. The molecule has 1 aromatic rings. The first kappa shape index (κ1) is 23.6. The molecule has 0 radical (unpaired) electrons. The molecule has 3 aliphatic rings. The second kappa shape index (κ2) is 8.84. The molecule has 172 valence electrons. The Hall–Kier alpha value is -2.04. The van der Waals surface area contributed by atoms with Crippen LogP contribution in [0.15, 0.2) is 18.2 Å². The quantitative estimate of drug-likeness (QED) is 0.637. The van der Waals surface area contributed by atoms with Gasteiger partial charge in [-0.1, -0.05) is 11.6 Å². The van der Waals surface area contributed by atoms with Gasteiger partial charge in [-0.2, -0.15) is 13.2 Å². The highest BCUT2D eigenvalue weighted by Gasteiger charge is 2.51. The summed E-state index contributed by atoms with van der Waals surface area (Å²) >= 11 is 6.27. The monoisotopic (exact) mass is 462 g/mol. The van der Waals surface area contributed by atoms with Gasteiger partial charge in [0.05, 0.1) is 16.6 Å². The van der Waals surface area contributed by atoms with E-state index in [9.17, 15) is 18.0 Å². The van der Waals surface area contributed by atoms with Crippen LogP contribution >= 0.6 is 11.6 Å². The van der Waals surface area contributed by atoms with Crippen LogP contribution in [0.3, 0.4) is 0 Å². The van der Waals surface area contributed by atoms with Gasteiger partial charge in [0.1, 0.15) is 0 Å². The Balaban J connectivity index is 0.000000339. The van der Waals surface area contributed by atoms with Crippen LogP contribution in [0.1, 0.15) is 23.2 Å². The maximum atomic E-state index is 12.0. The summed E-state index contributed by atoms with van der Waals surface area (Å²) in [7, 11) is 3.47. The van der Waals surface area contributed by atoms with E-state index in [4.69, 9.17) is 21.5 Å². The zero-order chi connectivity index (χ0) is 23.0. The molecule has 1 amide bonds. The standard InChI is InChI=1S/C18H25ClN4O.C2HF3O2/c1-22(2)17(24)15-4-3-12(5-16(15)19)21-13-8-23(9-13)14-6-18(7-14)10-20-11-18;3-2(4,5)1(6)7/h3-5,13-14,20-21H,6-11H2,1-2H3;(H,6,7). The minimum absolute atomic E-state index is 0.0641. The number of amides is 1. The first-order chi connectivity index (χ1) is 14.4. The maximum Gasteiger partial charge on any atom is 0.490 e. The smallest absolute Gasteiger partial charge is 0.475 e. The van der Waals surface area contributed by atoms with Crippen LogP contribution in [0, 0.1) is 5.41 Å². The molecule has 0 unspecified atom stereocenters. The van der Waals surface area contributed by atoms with Crippen molar-refractivity contribution in [3.05, 3.63) is 28.8 Å². The molecule has 3 fully saturated rings. The van der Waals surface area contributed by atoms with Crippen molar-refractivity contribution < 1.29 is 27.9 Å². The Bertz CT molecular complexity index is 831. The predicted octanol–water partition coefficient (Wildman–Crippen LogP) is 2.52. The van der Waals surface area contributed by atoms with Gasteiger partial charge >= 0.3 is 12.1 Å². The average molecular weight is 463 g/mol. The number of carbonyl (C=O) groups is 2. The lowest BCUT2D eigenvalue weighted by atomic mass is 9.61. The van der Waals surface area contributed by atoms with Crippen LogP contribution < -0.4 is 10.6 Å². The van der Waals surface area contributed by atoms with Gasteiger partial charge in [0.2, 0.25) is 0 Å². The molecule has 31 heavy (non-hydrogen) atoms. The molecule has 1 saturated carbocycles. The van der Waals surface area contributed by atoms with E-state index in [2.05, 4.69) is 15.5 Å². The Morgan fingerprint density at radius 2 is 1.84 bits per heavy atom. The predicted molar refractivity (Wildman–Crippen MR) is 110 cm³/mol. The topological polar surface area (TPSA) is 84.9 Å². The number of carbonyl (C=O) groups excluding carboxylic acids is 1. The van der Waals surface area contributed by atoms with Gasteiger partial charge in [-0.3, -0.25) is 9.69 Å². The van der Waals surface area contributed by atoms with Crippen LogP contribution in [0.25, 0.3) is 0 Å². The van der Waals surface area contributed by atoms with Crippen LogP contribution in [-0.4, -0.2) is 85.3 Å². The number of alkyl halides is 3. The normalized spacial score (nSPS) is 20.6. The molecule has 3 N–H and O–H groups in total. The molecule has 0 bridgehead atoms. The van der Waals surface area contributed by atoms with E-state index >= 15 is 0 Å². The third kappa shape index (κ3) is 5.42. The van der Waals surface area contributed by atoms with Gasteiger partial charge in [0.15, 0.2) is 0 Å². The fourth-order valence-electron chi connectivity index (χ4n) is 4.12. The number of carboxylic acid groups (broad SMARTS) is 1. The fraction of sp³-hybridized carbons (Fsp3) is 0.600. The van der Waals surface area contributed by atoms with Gasteiger partial charge in [-0.15, -0.1) is 0 Å². The summed E-state index contributed by atoms with van der Waals surface area (Å²) in [6.07, 6.45) is -2.36. The molecule has 2 heterocycles. The Morgan fingerprint density at radius 1 is 1.26 bits per heavy atom. The number of likely N-dealkylation sites (tertiary alicyclic amines) is 1. The number of rotatable bonds is 4.